The zero-order chi connectivity index (χ0) is 17.8. The quantitative estimate of drug-likeness (QED) is 0.822. The van der Waals surface area contributed by atoms with Gasteiger partial charge >= 0.3 is 5.97 Å². The molecular formula is C19H19ClN2O3. The highest BCUT2D eigenvalue weighted by Gasteiger charge is 2.28. The Labute approximate surface area is 151 Å². The summed E-state index contributed by atoms with van der Waals surface area (Å²) in [6, 6.07) is 12.1. The molecule has 0 saturated heterocycles. The Morgan fingerprint density at radius 3 is 2.44 bits per heavy atom. The second kappa shape index (κ2) is 7.66. The number of hydrogen-bond acceptors (Lipinski definition) is 3. The third-order valence-corrected chi connectivity index (χ3v) is 4.49. The van der Waals surface area contributed by atoms with E-state index < -0.39 is 5.97 Å². The van der Waals surface area contributed by atoms with Crippen LogP contribution in [0.25, 0.3) is 0 Å². The molecule has 1 aliphatic rings. The number of nitrogens with zero attached hydrogens (tertiary/aromatic N) is 2. The van der Waals surface area contributed by atoms with E-state index in [1.807, 2.05) is 24.3 Å². The summed E-state index contributed by atoms with van der Waals surface area (Å²) in [5, 5.41) is 9.75. The maximum absolute atomic E-state index is 12.8. The highest BCUT2D eigenvalue weighted by Crippen LogP contribution is 2.30. The molecule has 0 atom stereocenters. The molecule has 1 aliphatic carbocycles. The van der Waals surface area contributed by atoms with Gasteiger partial charge in [0.05, 0.1) is 0 Å². The number of carbonyl (C=O) groups is 2. The lowest BCUT2D eigenvalue weighted by atomic mass is 10.1. The van der Waals surface area contributed by atoms with Gasteiger partial charge in [-0.25, -0.2) is 9.78 Å². The van der Waals surface area contributed by atoms with E-state index in [1.165, 1.54) is 6.07 Å². The van der Waals surface area contributed by atoms with Gasteiger partial charge in [-0.05, 0) is 55.0 Å². The van der Waals surface area contributed by atoms with Crippen molar-refractivity contribution in [2.24, 2.45) is 5.92 Å². The maximum atomic E-state index is 12.8. The van der Waals surface area contributed by atoms with Gasteiger partial charge < -0.3 is 10.0 Å². The van der Waals surface area contributed by atoms with Gasteiger partial charge in [0.1, 0.15) is 11.4 Å². The number of hydrogen-bond donors (Lipinski definition) is 1. The fraction of sp³-hybridized carbons (Fsp3) is 0.316. The van der Waals surface area contributed by atoms with Crippen molar-refractivity contribution in [2.45, 2.75) is 19.3 Å². The van der Waals surface area contributed by atoms with E-state index in [1.54, 1.807) is 17.0 Å². The summed E-state index contributed by atoms with van der Waals surface area (Å²) in [6.45, 7) is 1.25. The summed E-state index contributed by atoms with van der Waals surface area (Å²) in [7, 11) is 0. The lowest BCUT2D eigenvalue weighted by Gasteiger charge is -2.22. The minimum Gasteiger partial charge on any atom is -0.477 e. The van der Waals surface area contributed by atoms with Crippen molar-refractivity contribution in [1.29, 1.82) is 0 Å². The molecule has 1 fully saturated rings. The number of aromatic carboxylic acids is 1. The molecule has 5 nitrogen and oxygen atoms in total. The normalized spacial score (nSPS) is 13.5. The van der Waals surface area contributed by atoms with Crippen LogP contribution in [0.4, 0.5) is 0 Å². The second-order valence-corrected chi connectivity index (χ2v) is 6.72. The fourth-order valence-electron chi connectivity index (χ4n) is 2.64. The number of rotatable bonds is 7. The summed E-state index contributed by atoms with van der Waals surface area (Å²) in [5.41, 5.74) is 1.16. The first kappa shape index (κ1) is 17.4. The van der Waals surface area contributed by atoms with Gasteiger partial charge in [-0.1, -0.05) is 29.8 Å². The third-order valence-electron chi connectivity index (χ3n) is 4.23. The number of carbonyl (C=O) groups excluding carboxylic acids is 1. The zero-order valence-corrected chi connectivity index (χ0v) is 14.4. The van der Waals surface area contributed by atoms with Gasteiger partial charge in [0.2, 0.25) is 0 Å². The molecule has 6 heteroatoms. The Morgan fingerprint density at radius 2 is 1.80 bits per heavy atom. The topological polar surface area (TPSA) is 70.5 Å². The van der Waals surface area contributed by atoms with Crippen molar-refractivity contribution < 1.29 is 14.7 Å². The Kier molecular flexibility index (Phi) is 5.34. The maximum Gasteiger partial charge on any atom is 0.354 e. The van der Waals surface area contributed by atoms with Crippen molar-refractivity contribution in [3.8, 4) is 0 Å². The van der Waals surface area contributed by atoms with E-state index in [0.29, 0.717) is 30.5 Å². The van der Waals surface area contributed by atoms with E-state index in [-0.39, 0.29) is 17.3 Å². The van der Waals surface area contributed by atoms with Gasteiger partial charge in [0.15, 0.2) is 0 Å². The van der Waals surface area contributed by atoms with E-state index in [2.05, 4.69) is 4.98 Å². The molecule has 130 valence electrons. The SMILES string of the molecule is O=C(O)c1cccc(C(=O)N(CCc2ccc(Cl)cc2)CC2CC2)n1. The van der Waals surface area contributed by atoms with E-state index in [9.17, 15) is 9.59 Å². The lowest BCUT2D eigenvalue weighted by Crippen LogP contribution is -2.35. The lowest BCUT2D eigenvalue weighted by molar-refractivity contribution is 0.0689. The number of amides is 1. The van der Waals surface area contributed by atoms with Crippen LogP contribution in [0.1, 0.15) is 39.4 Å². The summed E-state index contributed by atoms with van der Waals surface area (Å²) in [4.78, 5) is 29.6. The van der Waals surface area contributed by atoms with Crippen LogP contribution in [0.2, 0.25) is 5.02 Å². The number of pyridine rings is 1. The van der Waals surface area contributed by atoms with Crippen molar-refractivity contribution >= 4 is 23.5 Å². The molecule has 3 rings (SSSR count). The van der Waals surface area contributed by atoms with Gasteiger partial charge in [0, 0.05) is 18.1 Å². The molecule has 1 aromatic carbocycles. The number of halogens is 1. The van der Waals surface area contributed by atoms with Gasteiger partial charge in [0.25, 0.3) is 5.91 Å². The van der Waals surface area contributed by atoms with Crippen LogP contribution in [0.3, 0.4) is 0 Å². The number of benzene rings is 1. The zero-order valence-electron chi connectivity index (χ0n) is 13.7. The third kappa shape index (κ3) is 4.79. The number of carboxylic acid groups (broad SMARTS) is 1. The van der Waals surface area contributed by atoms with Crippen LogP contribution in [-0.2, 0) is 6.42 Å². The first-order valence-corrected chi connectivity index (χ1v) is 8.65. The molecule has 25 heavy (non-hydrogen) atoms. The second-order valence-electron chi connectivity index (χ2n) is 6.28. The summed E-state index contributed by atoms with van der Waals surface area (Å²) in [5.74, 6) is -0.814. The van der Waals surface area contributed by atoms with Crippen molar-refractivity contribution in [2.75, 3.05) is 13.1 Å². The number of aromatic nitrogens is 1. The first-order valence-electron chi connectivity index (χ1n) is 8.27. The molecule has 0 radical (unpaired) electrons. The van der Waals surface area contributed by atoms with Crippen molar-refractivity contribution in [3.63, 3.8) is 0 Å². The minimum absolute atomic E-state index is 0.116. The van der Waals surface area contributed by atoms with Crippen LogP contribution in [0, 0.1) is 5.92 Å². The van der Waals surface area contributed by atoms with Crippen LogP contribution >= 0.6 is 11.6 Å². The molecule has 1 saturated carbocycles. The van der Waals surface area contributed by atoms with Gasteiger partial charge in [-0.2, -0.15) is 0 Å². The average Bonchev–Trinajstić information content (AvgIpc) is 3.43. The standard InChI is InChI=1S/C19H19ClN2O3/c20-15-8-6-13(7-9-15)10-11-22(12-14-4-5-14)18(23)16-2-1-3-17(21-16)19(24)25/h1-3,6-9,14H,4-5,10-12H2,(H,24,25). The Balaban J connectivity index is 1.72. The smallest absolute Gasteiger partial charge is 0.354 e. The van der Waals surface area contributed by atoms with E-state index in [4.69, 9.17) is 16.7 Å². The average molecular weight is 359 g/mol. The van der Waals surface area contributed by atoms with E-state index >= 15 is 0 Å². The van der Waals surface area contributed by atoms with Crippen LogP contribution in [0.5, 0.6) is 0 Å². The Bertz CT molecular complexity index is 772. The minimum atomic E-state index is -1.13. The summed E-state index contributed by atoms with van der Waals surface area (Å²) >= 11 is 5.90. The molecule has 1 heterocycles. The molecule has 2 aromatic rings. The van der Waals surface area contributed by atoms with Crippen LogP contribution in [-0.4, -0.2) is 40.0 Å². The molecule has 0 spiro atoms. The monoisotopic (exact) mass is 358 g/mol. The van der Waals surface area contributed by atoms with Crippen LogP contribution < -0.4 is 0 Å². The molecule has 1 N–H and O–H groups in total. The molecule has 1 aromatic heterocycles. The fourth-order valence-corrected chi connectivity index (χ4v) is 2.76. The molecule has 0 aliphatic heterocycles. The molecule has 1 amide bonds. The molecule has 0 bridgehead atoms. The Morgan fingerprint density at radius 1 is 1.12 bits per heavy atom. The number of carboxylic acids is 1. The summed E-state index contributed by atoms with van der Waals surface area (Å²) < 4.78 is 0. The predicted octanol–water partition coefficient (Wildman–Crippen LogP) is 3.53. The van der Waals surface area contributed by atoms with Gasteiger partial charge in [-0.15, -0.1) is 0 Å². The highest BCUT2D eigenvalue weighted by atomic mass is 35.5. The summed E-state index contributed by atoms with van der Waals surface area (Å²) in [6.07, 6.45) is 2.98. The molecule has 0 unspecified atom stereocenters. The largest absolute Gasteiger partial charge is 0.477 e. The molecular weight excluding hydrogens is 340 g/mol. The van der Waals surface area contributed by atoms with Crippen molar-refractivity contribution in [1.82, 2.24) is 9.88 Å². The highest BCUT2D eigenvalue weighted by molar-refractivity contribution is 6.30. The van der Waals surface area contributed by atoms with Gasteiger partial charge in [-0.3, -0.25) is 4.79 Å². The Hall–Kier alpha value is -2.40. The van der Waals surface area contributed by atoms with E-state index in [0.717, 1.165) is 18.4 Å². The van der Waals surface area contributed by atoms with Crippen LogP contribution in [0.15, 0.2) is 42.5 Å². The predicted molar refractivity (Wildman–Crippen MR) is 95.0 cm³/mol. The van der Waals surface area contributed by atoms with Crippen molar-refractivity contribution in [3.05, 3.63) is 64.4 Å². The first-order chi connectivity index (χ1) is 12.0.